The van der Waals surface area contributed by atoms with Crippen molar-refractivity contribution in [1.82, 2.24) is 14.6 Å². The number of rotatable bonds is 7. The van der Waals surface area contributed by atoms with E-state index >= 15 is 0 Å². The zero-order valence-corrected chi connectivity index (χ0v) is 18.2. The summed E-state index contributed by atoms with van der Waals surface area (Å²) >= 11 is 1.57. The minimum absolute atomic E-state index is 0.148. The van der Waals surface area contributed by atoms with Crippen molar-refractivity contribution in [3.8, 4) is 0 Å². The fourth-order valence-corrected chi connectivity index (χ4v) is 6.26. The molecule has 0 atom stereocenters. The maximum Gasteiger partial charge on any atom is 0.252 e. The van der Waals surface area contributed by atoms with Gasteiger partial charge in [-0.05, 0) is 38.0 Å². The lowest BCUT2D eigenvalue weighted by molar-refractivity contribution is 0.0897. The van der Waals surface area contributed by atoms with Crippen LogP contribution in [0.2, 0.25) is 0 Å². The second-order valence-electron chi connectivity index (χ2n) is 7.15. The van der Waals surface area contributed by atoms with E-state index in [0.717, 1.165) is 36.4 Å². The molecule has 1 aliphatic rings. The molecule has 6 nitrogen and oxygen atoms in total. The second-order valence-corrected chi connectivity index (χ2v) is 9.95. The number of sulfonamides is 1. The first-order valence-electron chi connectivity index (χ1n) is 9.68. The quantitative estimate of drug-likeness (QED) is 0.740. The number of carbonyl (C=O) groups excluding carboxylic acids is 1. The molecule has 0 aliphatic heterocycles. The zero-order chi connectivity index (χ0) is 20.4. The van der Waals surface area contributed by atoms with Gasteiger partial charge >= 0.3 is 0 Å². The van der Waals surface area contributed by atoms with Crippen molar-refractivity contribution >= 4 is 27.3 Å². The zero-order valence-electron chi connectivity index (χ0n) is 16.6. The first-order valence-corrected chi connectivity index (χ1v) is 12.0. The van der Waals surface area contributed by atoms with E-state index in [1.165, 1.54) is 10.4 Å². The topological polar surface area (TPSA) is 79.4 Å². The lowest BCUT2D eigenvalue weighted by atomic mass is 9.97. The molecule has 2 aromatic rings. The van der Waals surface area contributed by atoms with Crippen molar-refractivity contribution in [2.45, 2.75) is 56.9 Å². The van der Waals surface area contributed by atoms with Gasteiger partial charge in [0.2, 0.25) is 10.0 Å². The molecule has 1 N–H and O–H groups in total. The van der Waals surface area contributed by atoms with Gasteiger partial charge in [-0.2, -0.15) is 4.31 Å². The van der Waals surface area contributed by atoms with Crippen molar-refractivity contribution in [2.75, 3.05) is 13.1 Å². The lowest BCUT2D eigenvalue weighted by Crippen LogP contribution is -2.43. The van der Waals surface area contributed by atoms with Crippen molar-refractivity contribution in [3.05, 3.63) is 45.9 Å². The van der Waals surface area contributed by atoms with Crippen LogP contribution in [0, 0.1) is 6.92 Å². The van der Waals surface area contributed by atoms with E-state index in [1.54, 1.807) is 43.4 Å². The Balaban J connectivity index is 1.89. The average Bonchev–Trinajstić information content (AvgIpc) is 3.32. The number of thiazole rings is 1. The van der Waals surface area contributed by atoms with Crippen molar-refractivity contribution in [3.63, 3.8) is 0 Å². The monoisotopic (exact) mass is 421 g/mol. The van der Waals surface area contributed by atoms with Gasteiger partial charge in [-0.1, -0.05) is 32.8 Å². The number of hydrogen-bond donors (Lipinski definition) is 1. The van der Waals surface area contributed by atoms with Gasteiger partial charge in [-0.3, -0.25) is 4.79 Å². The Kier molecular flexibility index (Phi) is 6.21. The normalized spacial score (nSPS) is 16.4. The third-order valence-corrected chi connectivity index (χ3v) is 8.49. The summed E-state index contributed by atoms with van der Waals surface area (Å²) in [5, 5.41) is 6.11. The molecule has 3 rings (SSSR count). The summed E-state index contributed by atoms with van der Waals surface area (Å²) in [7, 11) is -3.61. The molecule has 0 spiro atoms. The summed E-state index contributed by atoms with van der Waals surface area (Å²) in [6, 6.07) is 6.30. The third-order valence-electron chi connectivity index (χ3n) is 5.28. The summed E-state index contributed by atoms with van der Waals surface area (Å²) < 4.78 is 27.0. The lowest BCUT2D eigenvalue weighted by Gasteiger charge is -2.28. The smallest absolute Gasteiger partial charge is 0.252 e. The van der Waals surface area contributed by atoms with Crippen LogP contribution in [-0.2, 0) is 15.6 Å². The highest BCUT2D eigenvalue weighted by molar-refractivity contribution is 7.89. The van der Waals surface area contributed by atoms with E-state index < -0.39 is 15.6 Å². The van der Waals surface area contributed by atoms with Crippen molar-refractivity contribution in [2.24, 2.45) is 0 Å². The van der Waals surface area contributed by atoms with Gasteiger partial charge < -0.3 is 5.32 Å². The number of aromatic nitrogens is 1. The standard InChI is InChI=1S/C20H27N3O3S2/c1-4-23(5-2)28(25,26)17-10-8-9-16(13-17)18(24)22-20(11-6-7-12-20)19-21-15(3)14-27-19/h8-10,13-14H,4-7,11-12H2,1-3H3,(H,22,24). The highest BCUT2D eigenvalue weighted by Crippen LogP contribution is 2.40. The fraction of sp³-hybridized carbons (Fsp3) is 0.500. The minimum Gasteiger partial charge on any atom is -0.340 e. The number of benzene rings is 1. The van der Waals surface area contributed by atoms with E-state index in [9.17, 15) is 13.2 Å². The number of nitrogens with zero attached hydrogens (tertiary/aromatic N) is 2. The maximum atomic E-state index is 13.0. The van der Waals surface area contributed by atoms with Crippen molar-refractivity contribution < 1.29 is 13.2 Å². The van der Waals surface area contributed by atoms with Crippen LogP contribution >= 0.6 is 11.3 Å². The summed E-state index contributed by atoms with van der Waals surface area (Å²) in [5.41, 5.74) is 0.852. The maximum absolute atomic E-state index is 13.0. The molecule has 1 fully saturated rings. The Morgan fingerprint density at radius 2 is 1.93 bits per heavy atom. The van der Waals surface area contributed by atoms with E-state index in [-0.39, 0.29) is 10.8 Å². The second kappa shape index (κ2) is 8.31. The van der Waals surface area contributed by atoms with E-state index in [1.807, 2.05) is 12.3 Å². The van der Waals surface area contributed by atoms with Crippen LogP contribution in [0.3, 0.4) is 0 Å². The molecule has 1 heterocycles. The van der Waals surface area contributed by atoms with Gasteiger partial charge in [0.1, 0.15) is 5.01 Å². The van der Waals surface area contributed by atoms with E-state index in [2.05, 4.69) is 10.3 Å². The number of carbonyl (C=O) groups is 1. The van der Waals surface area contributed by atoms with Crippen LogP contribution in [0.25, 0.3) is 0 Å². The Hall–Kier alpha value is -1.77. The SMILES string of the molecule is CCN(CC)S(=O)(=O)c1cccc(C(=O)NC2(c3nc(C)cs3)CCCC2)c1. The molecule has 0 saturated heterocycles. The Morgan fingerprint density at radius 3 is 2.50 bits per heavy atom. The summed E-state index contributed by atoms with van der Waals surface area (Å²) in [4.78, 5) is 17.8. The van der Waals surface area contributed by atoms with Gasteiger partial charge in [0.15, 0.2) is 0 Å². The number of nitrogens with one attached hydrogen (secondary N) is 1. The van der Waals surface area contributed by atoms with Crippen molar-refractivity contribution in [1.29, 1.82) is 0 Å². The third kappa shape index (κ3) is 3.99. The molecule has 1 aromatic carbocycles. The highest BCUT2D eigenvalue weighted by Gasteiger charge is 2.39. The van der Waals surface area contributed by atoms with E-state index in [0.29, 0.717) is 18.7 Å². The van der Waals surface area contributed by atoms with Gasteiger partial charge in [0.05, 0.1) is 10.4 Å². The van der Waals surface area contributed by atoms with Crippen LogP contribution < -0.4 is 5.32 Å². The molecule has 28 heavy (non-hydrogen) atoms. The molecule has 0 unspecified atom stereocenters. The molecular formula is C20H27N3O3S2. The molecule has 1 aliphatic carbocycles. The van der Waals surface area contributed by atoms with Crippen LogP contribution in [0.15, 0.2) is 34.5 Å². The summed E-state index contributed by atoms with van der Waals surface area (Å²) in [6.45, 7) is 6.34. The number of aryl methyl sites for hydroxylation is 1. The highest BCUT2D eigenvalue weighted by atomic mass is 32.2. The molecule has 1 aromatic heterocycles. The number of amides is 1. The van der Waals surface area contributed by atoms with Crippen LogP contribution in [-0.4, -0.2) is 36.7 Å². The molecule has 1 saturated carbocycles. The fourth-order valence-electron chi connectivity index (χ4n) is 3.74. The predicted octanol–water partition coefficient (Wildman–Crippen LogP) is 3.68. The molecule has 0 radical (unpaired) electrons. The Labute approximate surface area is 171 Å². The molecule has 0 bridgehead atoms. The Bertz CT molecular complexity index is 943. The molecular weight excluding hydrogens is 394 g/mol. The largest absolute Gasteiger partial charge is 0.340 e. The van der Waals surface area contributed by atoms with Crippen LogP contribution in [0.1, 0.15) is 60.6 Å². The van der Waals surface area contributed by atoms with Crippen LogP contribution in [0.4, 0.5) is 0 Å². The first kappa shape index (κ1) is 21.0. The van der Waals surface area contributed by atoms with Gasteiger partial charge in [-0.25, -0.2) is 13.4 Å². The minimum atomic E-state index is -3.61. The summed E-state index contributed by atoms with van der Waals surface area (Å²) in [6.07, 6.45) is 3.77. The van der Waals surface area contributed by atoms with Gasteiger partial charge in [0, 0.05) is 29.7 Å². The van der Waals surface area contributed by atoms with Gasteiger partial charge in [0.25, 0.3) is 5.91 Å². The van der Waals surface area contributed by atoms with Crippen LogP contribution in [0.5, 0.6) is 0 Å². The van der Waals surface area contributed by atoms with Gasteiger partial charge in [-0.15, -0.1) is 11.3 Å². The predicted molar refractivity (Wildman–Crippen MR) is 111 cm³/mol. The molecule has 152 valence electrons. The summed E-state index contributed by atoms with van der Waals surface area (Å²) in [5.74, 6) is -0.258. The number of hydrogen-bond acceptors (Lipinski definition) is 5. The van der Waals surface area contributed by atoms with E-state index in [4.69, 9.17) is 0 Å². The molecule has 8 heteroatoms. The Morgan fingerprint density at radius 1 is 1.25 bits per heavy atom. The first-order chi connectivity index (χ1) is 13.3. The average molecular weight is 422 g/mol. The molecule has 1 amide bonds.